The van der Waals surface area contributed by atoms with Crippen LogP contribution in [-0.2, 0) is 0 Å². The van der Waals surface area contributed by atoms with Gasteiger partial charge < -0.3 is 10.5 Å². The summed E-state index contributed by atoms with van der Waals surface area (Å²) in [4.78, 5) is 12.0. The summed E-state index contributed by atoms with van der Waals surface area (Å²) in [5.41, 5.74) is 6.25. The number of ether oxygens (including phenoxy) is 1. The number of hydrogen-bond acceptors (Lipinski definition) is 6. The van der Waals surface area contributed by atoms with Crippen LogP contribution >= 0.6 is 15.9 Å². The molecule has 0 radical (unpaired) electrons. The van der Waals surface area contributed by atoms with E-state index in [2.05, 4.69) is 36.0 Å². The zero-order valence-electron chi connectivity index (χ0n) is 8.68. The van der Waals surface area contributed by atoms with Crippen LogP contribution in [0.3, 0.4) is 0 Å². The van der Waals surface area contributed by atoms with Gasteiger partial charge in [-0.2, -0.15) is 9.67 Å². The number of methoxy groups -OCH3 is 1. The largest absolute Gasteiger partial charge is 0.481 e. The van der Waals surface area contributed by atoms with Crippen LogP contribution in [0.15, 0.2) is 11.1 Å². The molecule has 2 aromatic heterocycles. The predicted molar refractivity (Wildman–Crippen MR) is 60.4 cm³/mol. The van der Waals surface area contributed by atoms with Gasteiger partial charge in [0.2, 0.25) is 16.6 Å². The second-order valence-corrected chi connectivity index (χ2v) is 3.69. The van der Waals surface area contributed by atoms with E-state index in [9.17, 15) is 0 Å². The minimum atomic E-state index is 0.170. The lowest BCUT2D eigenvalue weighted by molar-refractivity contribution is 0.392. The Balaban J connectivity index is 2.60. The van der Waals surface area contributed by atoms with Crippen LogP contribution in [-0.4, -0.2) is 31.8 Å². The number of halogens is 1. The highest BCUT2D eigenvalue weighted by Gasteiger charge is 2.14. The lowest BCUT2D eigenvalue weighted by Gasteiger charge is -2.07. The topological polar surface area (TPSA) is 91.7 Å². The van der Waals surface area contributed by atoms with Crippen LogP contribution in [0.2, 0.25) is 0 Å². The molecule has 0 atom stereocenters. The number of nitrogen functional groups attached to an aromatic ring is 1. The third-order valence-electron chi connectivity index (χ3n) is 1.99. The Labute approximate surface area is 99.8 Å². The first kappa shape index (κ1) is 10.8. The van der Waals surface area contributed by atoms with E-state index in [0.717, 1.165) is 5.56 Å². The monoisotopic (exact) mass is 284 g/mol. The molecule has 0 bridgehead atoms. The van der Waals surface area contributed by atoms with Crippen LogP contribution in [0.5, 0.6) is 5.88 Å². The van der Waals surface area contributed by atoms with Crippen molar-refractivity contribution in [2.75, 3.05) is 12.8 Å². The average Bonchev–Trinajstić information content (AvgIpc) is 2.58. The smallest absolute Gasteiger partial charge is 0.240 e. The zero-order chi connectivity index (χ0) is 11.7. The molecule has 0 spiro atoms. The van der Waals surface area contributed by atoms with Gasteiger partial charge in [0.25, 0.3) is 0 Å². The molecule has 0 fully saturated rings. The minimum Gasteiger partial charge on any atom is -0.481 e. The van der Waals surface area contributed by atoms with Crippen molar-refractivity contribution in [2.24, 2.45) is 0 Å². The van der Waals surface area contributed by atoms with Crippen LogP contribution in [0.4, 0.5) is 5.95 Å². The van der Waals surface area contributed by atoms with Crippen molar-refractivity contribution in [3.8, 4) is 11.7 Å². The standard InChI is InChI=1S/C8H9BrN6O/c1-4-5(11-3-12-6(4)16-2)15-7(9)13-8(10)14-15/h3H,1-2H3,(H2,10,14). The second kappa shape index (κ2) is 4.05. The van der Waals surface area contributed by atoms with Crippen molar-refractivity contribution < 1.29 is 4.74 Å². The molecule has 0 aliphatic rings. The zero-order valence-corrected chi connectivity index (χ0v) is 10.3. The van der Waals surface area contributed by atoms with E-state index in [1.807, 2.05) is 6.92 Å². The molecule has 16 heavy (non-hydrogen) atoms. The fourth-order valence-electron chi connectivity index (χ4n) is 1.29. The molecule has 2 N–H and O–H groups in total. The average molecular weight is 285 g/mol. The molecule has 2 aromatic rings. The predicted octanol–water partition coefficient (Wildman–Crippen LogP) is 0.719. The number of aromatic nitrogens is 5. The molecule has 0 unspecified atom stereocenters. The van der Waals surface area contributed by atoms with E-state index in [1.165, 1.54) is 11.0 Å². The van der Waals surface area contributed by atoms with Gasteiger partial charge in [-0.1, -0.05) is 0 Å². The van der Waals surface area contributed by atoms with Gasteiger partial charge in [-0.15, -0.1) is 5.10 Å². The highest BCUT2D eigenvalue weighted by molar-refractivity contribution is 9.10. The lowest BCUT2D eigenvalue weighted by atomic mass is 10.3. The number of rotatable bonds is 2. The van der Waals surface area contributed by atoms with Crippen molar-refractivity contribution in [1.82, 2.24) is 24.7 Å². The molecule has 0 aliphatic heterocycles. The second-order valence-electron chi connectivity index (χ2n) is 2.98. The van der Waals surface area contributed by atoms with Crippen LogP contribution in [0.25, 0.3) is 5.82 Å². The van der Waals surface area contributed by atoms with Crippen LogP contribution in [0, 0.1) is 6.92 Å². The Kier molecular flexibility index (Phi) is 2.73. The number of nitrogens with two attached hydrogens (primary N) is 1. The molecular formula is C8H9BrN6O. The Morgan fingerprint density at radius 3 is 2.75 bits per heavy atom. The van der Waals surface area contributed by atoms with Crippen molar-refractivity contribution in [1.29, 1.82) is 0 Å². The molecular weight excluding hydrogens is 276 g/mol. The van der Waals surface area contributed by atoms with Crippen LogP contribution < -0.4 is 10.5 Å². The summed E-state index contributed by atoms with van der Waals surface area (Å²) >= 11 is 3.24. The highest BCUT2D eigenvalue weighted by Crippen LogP contribution is 2.21. The van der Waals surface area contributed by atoms with Gasteiger partial charge in [-0.05, 0) is 22.9 Å². The Morgan fingerprint density at radius 2 is 2.19 bits per heavy atom. The molecule has 84 valence electrons. The first-order valence-electron chi connectivity index (χ1n) is 4.37. The molecule has 0 aliphatic carbocycles. The summed E-state index contributed by atoms with van der Waals surface area (Å²) in [5, 5.41) is 4.01. The van der Waals surface area contributed by atoms with E-state index in [-0.39, 0.29) is 5.95 Å². The molecule has 2 heterocycles. The summed E-state index contributed by atoms with van der Waals surface area (Å²) in [5.74, 6) is 1.23. The van der Waals surface area contributed by atoms with E-state index >= 15 is 0 Å². The number of anilines is 1. The van der Waals surface area contributed by atoms with Crippen molar-refractivity contribution in [2.45, 2.75) is 6.92 Å². The SMILES string of the molecule is COc1ncnc(-n2nc(N)nc2Br)c1C. The van der Waals surface area contributed by atoms with E-state index < -0.39 is 0 Å². The van der Waals surface area contributed by atoms with E-state index in [0.29, 0.717) is 16.4 Å². The maximum atomic E-state index is 5.49. The quantitative estimate of drug-likeness (QED) is 0.874. The molecule has 7 nitrogen and oxygen atoms in total. The third-order valence-corrected chi connectivity index (χ3v) is 2.50. The van der Waals surface area contributed by atoms with E-state index in [1.54, 1.807) is 7.11 Å². The highest BCUT2D eigenvalue weighted by atomic mass is 79.9. The van der Waals surface area contributed by atoms with Crippen molar-refractivity contribution in [3.05, 3.63) is 16.6 Å². The Morgan fingerprint density at radius 1 is 1.44 bits per heavy atom. The van der Waals surface area contributed by atoms with Gasteiger partial charge in [0.05, 0.1) is 12.7 Å². The molecule has 0 amide bonds. The normalized spacial score (nSPS) is 10.4. The van der Waals surface area contributed by atoms with Crippen molar-refractivity contribution >= 4 is 21.9 Å². The van der Waals surface area contributed by atoms with Gasteiger partial charge in [-0.3, -0.25) is 0 Å². The molecule has 2 rings (SSSR count). The Hall–Kier alpha value is -1.70. The molecule has 8 heteroatoms. The third kappa shape index (κ3) is 1.71. The fraction of sp³-hybridized carbons (Fsp3) is 0.250. The summed E-state index contributed by atoms with van der Waals surface area (Å²) in [7, 11) is 1.55. The molecule has 0 saturated carbocycles. The first-order valence-corrected chi connectivity index (χ1v) is 5.16. The summed E-state index contributed by atoms with van der Waals surface area (Å²) < 4.78 is 7.06. The number of nitrogens with zero attached hydrogens (tertiary/aromatic N) is 5. The summed E-state index contributed by atoms with van der Waals surface area (Å²) in [6.45, 7) is 1.83. The number of hydrogen-bond donors (Lipinski definition) is 1. The van der Waals surface area contributed by atoms with Gasteiger partial charge in [0.15, 0.2) is 5.82 Å². The summed E-state index contributed by atoms with van der Waals surface area (Å²) in [6.07, 6.45) is 1.39. The van der Waals surface area contributed by atoms with Crippen molar-refractivity contribution in [3.63, 3.8) is 0 Å². The molecule has 0 saturated heterocycles. The van der Waals surface area contributed by atoms with Gasteiger partial charge >= 0.3 is 0 Å². The molecule has 0 aromatic carbocycles. The Bertz CT molecular complexity index is 525. The summed E-state index contributed by atoms with van der Waals surface area (Å²) in [6, 6.07) is 0. The van der Waals surface area contributed by atoms with E-state index in [4.69, 9.17) is 10.5 Å². The maximum Gasteiger partial charge on any atom is 0.240 e. The first-order chi connectivity index (χ1) is 7.63. The van der Waals surface area contributed by atoms with Gasteiger partial charge in [-0.25, -0.2) is 9.97 Å². The van der Waals surface area contributed by atoms with Gasteiger partial charge in [0.1, 0.15) is 6.33 Å². The fourth-order valence-corrected chi connectivity index (χ4v) is 1.72. The van der Waals surface area contributed by atoms with Gasteiger partial charge in [0, 0.05) is 0 Å². The van der Waals surface area contributed by atoms with Crippen LogP contribution in [0.1, 0.15) is 5.56 Å². The lowest BCUT2D eigenvalue weighted by Crippen LogP contribution is -2.05. The maximum absolute atomic E-state index is 5.49. The minimum absolute atomic E-state index is 0.170.